The van der Waals surface area contributed by atoms with E-state index in [1.807, 2.05) is 57.2 Å². The average Bonchev–Trinajstić information content (AvgIpc) is 3.02. The Balaban J connectivity index is 2.07. The summed E-state index contributed by atoms with van der Waals surface area (Å²) in [7, 11) is 1.54. The highest BCUT2D eigenvalue weighted by Gasteiger charge is 2.45. The van der Waals surface area contributed by atoms with Crippen molar-refractivity contribution in [1.29, 1.82) is 0 Å². The minimum atomic E-state index is -0.700. The highest BCUT2D eigenvalue weighted by Crippen LogP contribution is 2.39. The molecule has 1 unspecified atom stereocenters. The molecular formula is C25H29NO5. The number of carbonyl (C=O) groups is 2. The number of Topliss-reactive ketones (excluding diaryl/α,β-unsaturated/α-hetero) is 1. The molecule has 0 radical (unpaired) electrons. The summed E-state index contributed by atoms with van der Waals surface area (Å²) in [4.78, 5) is 27.2. The summed E-state index contributed by atoms with van der Waals surface area (Å²) >= 11 is 0. The Morgan fingerprint density at radius 3 is 2.26 bits per heavy atom. The van der Waals surface area contributed by atoms with Gasteiger partial charge in [0.05, 0.1) is 24.3 Å². The maximum Gasteiger partial charge on any atom is 0.295 e. The summed E-state index contributed by atoms with van der Waals surface area (Å²) in [6.45, 7) is 6.45. The molecule has 31 heavy (non-hydrogen) atoms. The van der Waals surface area contributed by atoms with E-state index in [4.69, 9.17) is 9.47 Å². The minimum Gasteiger partial charge on any atom is -0.507 e. The summed E-state index contributed by atoms with van der Waals surface area (Å²) in [6, 6.07) is 13.9. The molecule has 1 amide bonds. The van der Waals surface area contributed by atoms with Gasteiger partial charge >= 0.3 is 0 Å². The number of hydrogen-bond acceptors (Lipinski definition) is 5. The summed E-state index contributed by atoms with van der Waals surface area (Å²) in [5.41, 5.74) is 2.43. The molecule has 1 atom stereocenters. The van der Waals surface area contributed by atoms with Gasteiger partial charge in [-0.3, -0.25) is 9.59 Å². The maximum absolute atomic E-state index is 12.9. The predicted molar refractivity (Wildman–Crippen MR) is 119 cm³/mol. The molecule has 1 aliphatic rings. The topological polar surface area (TPSA) is 76.1 Å². The highest BCUT2D eigenvalue weighted by molar-refractivity contribution is 6.46. The Morgan fingerprint density at radius 2 is 1.71 bits per heavy atom. The number of benzene rings is 2. The van der Waals surface area contributed by atoms with Gasteiger partial charge in [0.25, 0.3) is 11.7 Å². The van der Waals surface area contributed by atoms with Crippen LogP contribution in [0.5, 0.6) is 5.75 Å². The molecule has 0 saturated carbocycles. The second kappa shape index (κ2) is 9.79. The molecule has 0 aliphatic carbocycles. The summed E-state index contributed by atoms with van der Waals surface area (Å²) in [5, 5.41) is 11.0. The fraction of sp³-hybridized carbons (Fsp3) is 0.360. The van der Waals surface area contributed by atoms with Gasteiger partial charge in [-0.15, -0.1) is 0 Å². The largest absolute Gasteiger partial charge is 0.507 e. The van der Waals surface area contributed by atoms with Crippen molar-refractivity contribution in [3.63, 3.8) is 0 Å². The van der Waals surface area contributed by atoms with E-state index in [0.29, 0.717) is 11.3 Å². The predicted octanol–water partition coefficient (Wildman–Crippen LogP) is 4.10. The van der Waals surface area contributed by atoms with Crippen molar-refractivity contribution in [1.82, 2.24) is 4.90 Å². The molecule has 1 aliphatic heterocycles. The lowest BCUT2D eigenvalue weighted by Crippen LogP contribution is -2.32. The van der Waals surface area contributed by atoms with Crippen LogP contribution in [0.3, 0.4) is 0 Å². The molecule has 0 aromatic heterocycles. The Kier molecular flexibility index (Phi) is 7.13. The van der Waals surface area contributed by atoms with Crippen LogP contribution in [0.15, 0.2) is 54.1 Å². The van der Waals surface area contributed by atoms with Crippen molar-refractivity contribution < 1.29 is 24.2 Å². The van der Waals surface area contributed by atoms with E-state index in [2.05, 4.69) is 0 Å². The third-order valence-corrected chi connectivity index (χ3v) is 5.28. The van der Waals surface area contributed by atoms with E-state index in [1.54, 1.807) is 19.2 Å². The van der Waals surface area contributed by atoms with Crippen LogP contribution >= 0.6 is 0 Å². The van der Waals surface area contributed by atoms with Crippen LogP contribution in [0.1, 0.15) is 43.5 Å². The van der Waals surface area contributed by atoms with Crippen molar-refractivity contribution in [2.24, 2.45) is 0 Å². The van der Waals surface area contributed by atoms with Crippen LogP contribution in [-0.4, -0.2) is 48.1 Å². The molecule has 1 heterocycles. The molecular weight excluding hydrogens is 394 g/mol. The fourth-order valence-corrected chi connectivity index (χ4v) is 3.70. The molecule has 2 aromatic carbocycles. The molecule has 1 saturated heterocycles. The third kappa shape index (κ3) is 4.80. The lowest BCUT2D eigenvalue weighted by atomic mass is 9.95. The van der Waals surface area contributed by atoms with E-state index in [9.17, 15) is 14.7 Å². The number of aliphatic hydroxyl groups is 1. The van der Waals surface area contributed by atoms with Crippen LogP contribution in [0.4, 0.5) is 0 Å². The zero-order valence-corrected chi connectivity index (χ0v) is 18.4. The first kappa shape index (κ1) is 22.6. The molecule has 164 valence electrons. The normalized spacial score (nSPS) is 18.1. The first-order valence-corrected chi connectivity index (χ1v) is 10.5. The van der Waals surface area contributed by atoms with Crippen molar-refractivity contribution in [3.05, 3.63) is 70.8 Å². The Morgan fingerprint density at radius 1 is 1.06 bits per heavy atom. The first-order valence-electron chi connectivity index (χ1n) is 10.5. The van der Waals surface area contributed by atoms with E-state index in [-0.39, 0.29) is 30.6 Å². The van der Waals surface area contributed by atoms with Crippen LogP contribution in [0, 0.1) is 0 Å². The van der Waals surface area contributed by atoms with E-state index < -0.39 is 17.7 Å². The van der Waals surface area contributed by atoms with E-state index in [1.165, 1.54) is 4.90 Å². The number of carbonyl (C=O) groups excluding carboxylic acids is 2. The Bertz CT molecular complexity index is 960. The molecule has 1 fully saturated rings. The molecule has 3 rings (SSSR count). The second-order valence-electron chi connectivity index (χ2n) is 7.77. The van der Waals surface area contributed by atoms with Gasteiger partial charge in [0.15, 0.2) is 0 Å². The van der Waals surface area contributed by atoms with Crippen LogP contribution in [0.25, 0.3) is 5.76 Å². The van der Waals surface area contributed by atoms with Crippen molar-refractivity contribution >= 4 is 17.4 Å². The van der Waals surface area contributed by atoms with Crippen LogP contribution in [-0.2, 0) is 20.7 Å². The zero-order valence-electron chi connectivity index (χ0n) is 18.4. The first-order chi connectivity index (χ1) is 14.9. The fourth-order valence-electron chi connectivity index (χ4n) is 3.70. The Labute approximate surface area is 183 Å². The van der Waals surface area contributed by atoms with Gasteiger partial charge in [-0.2, -0.15) is 0 Å². The maximum atomic E-state index is 12.9. The number of aliphatic hydroxyl groups excluding tert-OH is 1. The molecule has 1 N–H and O–H groups in total. The van der Waals surface area contributed by atoms with Gasteiger partial charge in [0.2, 0.25) is 0 Å². The van der Waals surface area contributed by atoms with Crippen LogP contribution in [0.2, 0.25) is 0 Å². The number of hydrogen-bond donors (Lipinski definition) is 1. The number of ketones is 1. The summed E-state index contributed by atoms with van der Waals surface area (Å²) in [5.74, 6) is -0.812. The lowest BCUT2D eigenvalue weighted by Gasteiger charge is -2.25. The standard InChI is InChI=1S/C25H29NO5/c1-5-17-6-8-19(9-7-17)23(27)21-22(26(14-15-30-4)25(29)24(21)28)18-10-12-20(13-11-18)31-16(2)3/h6-13,16,22,27H,5,14-15H2,1-4H3/b23-21-. The quantitative estimate of drug-likeness (QED) is 0.393. The number of rotatable bonds is 8. The van der Waals surface area contributed by atoms with Crippen LogP contribution < -0.4 is 4.74 Å². The second-order valence-corrected chi connectivity index (χ2v) is 7.77. The third-order valence-electron chi connectivity index (χ3n) is 5.28. The number of amides is 1. The van der Waals surface area contributed by atoms with E-state index >= 15 is 0 Å². The number of ether oxygens (including phenoxy) is 2. The number of likely N-dealkylation sites (tertiary alicyclic amines) is 1. The number of methoxy groups -OCH3 is 1. The van der Waals surface area contributed by atoms with Gasteiger partial charge in [-0.05, 0) is 43.5 Å². The molecule has 0 bridgehead atoms. The van der Waals surface area contributed by atoms with Gasteiger partial charge < -0.3 is 19.5 Å². The molecule has 6 heteroatoms. The van der Waals surface area contributed by atoms with Gasteiger partial charge in [-0.25, -0.2) is 0 Å². The number of nitrogens with zero attached hydrogens (tertiary/aromatic N) is 1. The van der Waals surface area contributed by atoms with Crippen molar-refractivity contribution in [2.45, 2.75) is 39.3 Å². The summed E-state index contributed by atoms with van der Waals surface area (Å²) < 4.78 is 10.8. The lowest BCUT2D eigenvalue weighted by molar-refractivity contribution is -0.140. The minimum absolute atomic E-state index is 0.0317. The average molecular weight is 424 g/mol. The van der Waals surface area contributed by atoms with Crippen molar-refractivity contribution in [2.75, 3.05) is 20.3 Å². The number of aryl methyl sites for hydroxylation is 1. The highest BCUT2D eigenvalue weighted by atomic mass is 16.5. The molecule has 6 nitrogen and oxygen atoms in total. The monoisotopic (exact) mass is 423 g/mol. The summed E-state index contributed by atoms with van der Waals surface area (Å²) in [6.07, 6.45) is 0.900. The molecule has 2 aromatic rings. The van der Waals surface area contributed by atoms with Crippen molar-refractivity contribution in [3.8, 4) is 5.75 Å². The smallest absolute Gasteiger partial charge is 0.295 e. The SMILES string of the molecule is CCc1ccc(/C(O)=C2/C(=O)C(=O)N(CCOC)C2c2ccc(OC(C)C)cc2)cc1. The van der Waals surface area contributed by atoms with E-state index in [0.717, 1.165) is 17.5 Å². The molecule has 0 spiro atoms. The van der Waals surface area contributed by atoms with Gasteiger partial charge in [0, 0.05) is 19.2 Å². The van der Waals surface area contributed by atoms with Gasteiger partial charge in [-0.1, -0.05) is 43.3 Å². The van der Waals surface area contributed by atoms with Gasteiger partial charge in [0.1, 0.15) is 11.5 Å². The zero-order chi connectivity index (χ0) is 22.5. The Hall–Kier alpha value is -3.12.